The molecule has 6 nitrogen and oxygen atoms in total. The zero-order valence-electron chi connectivity index (χ0n) is 17.5. The Hall–Kier alpha value is -1.76. The molecule has 4 rings (SSSR count). The van der Waals surface area contributed by atoms with E-state index in [1.165, 1.54) is 33.8 Å². The Morgan fingerprint density at radius 3 is 2.70 bits per heavy atom. The number of aromatic nitrogens is 1. The van der Waals surface area contributed by atoms with Gasteiger partial charge >= 0.3 is 0 Å². The van der Waals surface area contributed by atoms with Crippen molar-refractivity contribution in [3.8, 4) is 10.4 Å². The number of rotatable bonds is 4. The summed E-state index contributed by atoms with van der Waals surface area (Å²) in [5.41, 5.74) is 1.54. The van der Waals surface area contributed by atoms with E-state index in [0.29, 0.717) is 10.9 Å². The smallest absolute Gasteiger partial charge is 0.171 e. The van der Waals surface area contributed by atoms with Gasteiger partial charge in [-0.05, 0) is 58.2 Å². The average molecular weight is 578 g/mol. The minimum absolute atomic E-state index is 0.145. The van der Waals surface area contributed by atoms with E-state index in [1.807, 2.05) is 0 Å². The van der Waals surface area contributed by atoms with E-state index in [1.54, 1.807) is 38.5 Å². The van der Waals surface area contributed by atoms with Crippen LogP contribution in [0.3, 0.4) is 0 Å². The van der Waals surface area contributed by atoms with Crippen LogP contribution >= 0.6 is 38.9 Å². The monoisotopic (exact) mass is 576 g/mol. The summed E-state index contributed by atoms with van der Waals surface area (Å²) in [6.07, 6.45) is 2.96. The number of benzene rings is 2. The van der Waals surface area contributed by atoms with E-state index in [-0.39, 0.29) is 22.7 Å². The lowest BCUT2D eigenvalue weighted by Gasteiger charge is -2.32. The number of nitrogens with zero attached hydrogens (tertiary/aromatic N) is 2. The van der Waals surface area contributed by atoms with E-state index in [0.717, 1.165) is 27.4 Å². The molecule has 176 valence electrons. The fourth-order valence-electron chi connectivity index (χ4n) is 2.94. The van der Waals surface area contributed by atoms with E-state index < -0.39 is 17.2 Å². The van der Waals surface area contributed by atoms with Gasteiger partial charge in [0.2, 0.25) is 0 Å². The summed E-state index contributed by atoms with van der Waals surface area (Å²) in [5, 5.41) is 3.72. The van der Waals surface area contributed by atoms with Gasteiger partial charge in [-0.25, -0.2) is 27.0 Å². The first kappa shape index (κ1) is 25.9. The van der Waals surface area contributed by atoms with Crippen molar-refractivity contribution in [2.45, 2.75) is 18.5 Å². The van der Waals surface area contributed by atoms with Crippen LogP contribution in [0.1, 0.15) is 17.5 Å². The van der Waals surface area contributed by atoms with Gasteiger partial charge in [0.1, 0.15) is 22.9 Å². The number of nitrogens with one attached hydrogen (secondary N) is 2. The Balaban J connectivity index is 0.000000257. The van der Waals surface area contributed by atoms with Crippen molar-refractivity contribution >= 4 is 62.0 Å². The number of hydrogen-bond acceptors (Lipinski definition) is 5. The zero-order valence-corrected chi connectivity index (χ0v) is 21.5. The highest BCUT2D eigenvalue weighted by atomic mass is 79.9. The molecule has 0 aliphatic carbocycles. The van der Waals surface area contributed by atoms with Crippen molar-refractivity contribution in [3.05, 3.63) is 68.7 Å². The third kappa shape index (κ3) is 6.43. The van der Waals surface area contributed by atoms with Crippen molar-refractivity contribution in [3.63, 3.8) is 0 Å². The van der Waals surface area contributed by atoms with Crippen LogP contribution in [0.25, 0.3) is 10.4 Å². The maximum absolute atomic E-state index is 13.7. The van der Waals surface area contributed by atoms with Crippen molar-refractivity contribution < 1.29 is 17.8 Å². The van der Waals surface area contributed by atoms with Gasteiger partial charge in [0, 0.05) is 26.0 Å². The third-order valence-corrected chi connectivity index (χ3v) is 8.21. The van der Waals surface area contributed by atoms with Gasteiger partial charge < -0.3 is 10.1 Å². The fourth-order valence-corrected chi connectivity index (χ4v) is 5.42. The summed E-state index contributed by atoms with van der Waals surface area (Å²) in [5.74, 6) is -0.724. The molecule has 1 fully saturated rings. The third-order valence-electron chi connectivity index (χ3n) is 4.84. The van der Waals surface area contributed by atoms with Crippen molar-refractivity contribution in [1.82, 2.24) is 14.0 Å². The molecule has 1 aliphatic heterocycles. The summed E-state index contributed by atoms with van der Waals surface area (Å²) in [7, 11) is 3.39. The van der Waals surface area contributed by atoms with Crippen LogP contribution < -0.4 is 10.0 Å². The minimum Gasteiger partial charge on any atom is -0.388 e. The summed E-state index contributed by atoms with van der Waals surface area (Å²) in [6.45, 7) is 0. The van der Waals surface area contributed by atoms with Gasteiger partial charge in [0.05, 0.1) is 26.5 Å². The van der Waals surface area contributed by atoms with Crippen molar-refractivity contribution in [1.29, 1.82) is 0 Å². The van der Waals surface area contributed by atoms with E-state index in [4.69, 9.17) is 11.6 Å². The number of halogens is 4. The first-order valence-corrected chi connectivity index (χ1v) is 12.7. The molecule has 2 heterocycles. The number of aldehydes is 1. The average Bonchev–Trinajstić information content (AvgIpc) is 3.30. The molecule has 12 heteroatoms. The number of carbonyl (C=O) groups excluding carboxylic acids is 1. The number of hydrogen-bond donors (Lipinski definition) is 2. The molecule has 0 radical (unpaired) electrons. The Morgan fingerprint density at radius 1 is 1.30 bits per heavy atom. The molecule has 1 aromatic heterocycles. The number of thiazole rings is 1. The van der Waals surface area contributed by atoms with Crippen molar-refractivity contribution in [2.75, 3.05) is 19.4 Å². The molecule has 3 unspecified atom stereocenters. The molecule has 3 atom stereocenters. The second-order valence-corrected chi connectivity index (χ2v) is 10.6. The fraction of sp³-hybridized carbons (Fsp3) is 0.238. The predicted molar refractivity (Wildman–Crippen MR) is 132 cm³/mol. The quantitative estimate of drug-likeness (QED) is 0.411. The molecule has 0 saturated carbocycles. The highest BCUT2D eigenvalue weighted by Crippen LogP contribution is 2.34. The summed E-state index contributed by atoms with van der Waals surface area (Å²) in [4.78, 5) is 16.3. The Kier molecular flexibility index (Phi) is 9.08. The molecule has 2 N–H and O–H groups in total. The minimum atomic E-state index is -1.43. The molecule has 0 spiro atoms. The lowest BCUT2D eigenvalue weighted by molar-refractivity contribution is -0.111. The second-order valence-electron chi connectivity index (χ2n) is 6.98. The highest BCUT2D eigenvalue weighted by Gasteiger charge is 2.33. The van der Waals surface area contributed by atoms with Crippen LogP contribution in [0.15, 0.2) is 47.1 Å². The number of likely N-dealkylation sites (N-methyl/N-ethyl adjacent to an activating group) is 1. The standard InChI is InChI=1S/C14H13BrFN3O2S2.C7H7ClFN/c1-19-9(7-20)5-12(18-23(19)21)14-17-6-13(22-14)8-2-3-10(15)11(16)4-8;1-10-5-2-3-7(9)6(8)4-5/h2-4,6-7,9,12,18H,5H2,1H3;2-4,10H,1H3. The Morgan fingerprint density at radius 2 is 2.06 bits per heavy atom. The van der Waals surface area contributed by atoms with E-state index >= 15 is 0 Å². The van der Waals surface area contributed by atoms with Gasteiger partial charge in [0.15, 0.2) is 11.2 Å². The van der Waals surface area contributed by atoms with Crippen LogP contribution in [0.4, 0.5) is 14.5 Å². The number of carbonyl (C=O) groups is 1. The lowest BCUT2D eigenvalue weighted by atomic mass is 10.1. The first-order chi connectivity index (χ1) is 15.7. The topological polar surface area (TPSA) is 74.3 Å². The van der Waals surface area contributed by atoms with Crippen LogP contribution in [0.5, 0.6) is 0 Å². The maximum atomic E-state index is 13.7. The van der Waals surface area contributed by atoms with Crippen LogP contribution in [-0.2, 0) is 16.0 Å². The normalized spacial score (nSPS) is 20.6. The Bertz CT molecular complexity index is 1170. The molecule has 1 aliphatic rings. The van der Waals surface area contributed by atoms with Crippen LogP contribution in [-0.4, -0.2) is 39.9 Å². The largest absolute Gasteiger partial charge is 0.388 e. The molecule has 0 amide bonds. The van der Waals surface area contributed by atoms with Gasteiger partial charge in [-0.2, -0.15) is 0 Å². The molecule has 2 aromatic carbocycles. The van der Waals surface area contributed by atoms with Gasteiger partial charge in [-0.1, -0.05) is 17.7 Å². The maximum Gasteiger partial charge on any atom is 0.171 e. The summed E-state index contributed by atoms with van der Waals surface area (Å²) >= 11 is 8.57. The molecular weight excluding hydrogens is 558 g/mol. The Labute approximate surface area is 210 Å². The molecule has 0 bridgehead atoms. The van der Waals surface area contributed by atoms with Crippen LogP contribution in [0.2, 0.25) is 5.02 Å². The molecule has 1 saturated heterocycles. The van der Waals surface area contributed by atoms with Gasteiger partial charge in [-0.3, -0.25) is 0 Å². The zero-order chi connectivity index (χ0) is 24.1. The van der Waals surface area contributed by atoms with Gasteiger partial charge in [0.25, 0.3) is 0 Å². The number of anilines is 1. The summed E-state index contributed by atoms with van der Waals surface area (Å²) < 4.78 is 43.0. The van der Waals surface area contributed by atoms with E-state index in [2.05, 4.69) is 31.0 Å². The lowest BCUT2D eigenvalue weighted by Crippen LogP contribution is -2.48. The molecular formula is C21H20BrClF2N4O2S2. The molecule has 33 heavy (non-hydrogen) atoms. The summed E-state index contributed by atoms with van der Waals surface area (Å²) in [6, 6.07) is 8.71. The predicted octanol–water partition coefficient (Wildman–Crippen LogP) is 5.34. The van der Waals surface area contributed by atoms with Crippen LogP contribution in [0, 0.1) is 11.6 Å². The van der Waals surface area contributed by atoms with Crippen molar-refractivity contribution in [2.24, 2.45) is 0 Å². The molecule has 3 aromatic rings. The second kappa shape index (κ2) is 11.6. The van der Waals surface area contributed by atoms with E-state index in [9.17, 15) is 17.8 Å². The SMILES string of the molecule is CN1C(C=O)CC(c2ncc(-c3ccc(Br)c(F)c3)s2)NS1=O.CNc1ccc(F)c(Cl)c1. The first-order valence-electron chi connectivity index (χ1n) is 9.63. The highest BCUT2D eigenvalue weighted by molar-refractivity contribution is 9.10. The van der Waals surface area contributed by atoms with Gasteiger partial charge in [-0.15, -0.1) is 11.3 Å².